The first-order valence-corrected chi connectivity index (χ1v) is 6.03. The van der Waals surface area contributed by atoms with Gasteiger partial charge in [-0.05, 0) is 47.2 Å². The first-order chi connectivity index (χ1) is 6.56. The summed E-state index contributed by atoms with van der Waals surface area (Å²) in [5, 5.41) is 0. The van der Waals surface area contributed by atoms with Crippen LogP contribution in [0.1, 0.15) is 17.3 Å². The number of alkyl halides is 1. The van der Waals surface area contributed by atoms with E-state index >= 15 is 0 Å². The van der Waals surface area contributed by atoms with Crippen molar-refractivity contribution in [3.63, 3.8) is 0 Å². The summed E-state index contributed by atoms with van der Waals surface area (Å²) in [6, 6.07) is 5.70. The maximum absolute atomic E-state index is 11.1. The van der Waals surface area contributed by atoms with Gasteiger partial charge in [0.2, 0.25) is 0 Å². The second-order valence-electron chi connectivity index (χ2n) is 2.87. The topological polar surface area (TPSA) is 26.3 Å². The van der Waals surface area contributed by atoms with E-state index in [0.717, 1.165) is 14.9 Å². The standard InChI is InChI=1S/C10H10BrIO2/c1-6(13)10(11)7-3-4-9(14-2)8(12)5-7/h3-5,10H,1-2H3. The fraction of sp³-hybridized carbons (Fsp3) is 0.300. The van der Waals surface area contributed by atoms with Gasteiger partial charge in [0.15, 0.2) is 0 Å². The largest absolute Gasteiger partial charge is 0.496 e. The minimum absolute atomic E-state index is 0.103. The maximum Gasteiger partial charge on any atom is 0.147 e. The number of hydrogen-bond acceptors (Lipinski definition) is 2. The first kappa shape index (κ1) is 12.0. The van der Waals surface area contributed by atoms with E-state index in [1.165, 1.54) is 0 Å². The summed E-state index contributed by atoms with van der Waals surface area (Å²) in [7, 11) is 1.63. The highest BCUT2D eigenvalue weighted by atomic mass is 127. The van der Waals surface area contributed by atoms with E-state index in [9.17, 15) is 4.79 Å². The molecule has 1 rings (SSSR count). The number of hydrogen-bond donors (Lipinski definition) is 0. The lowest BCUT2D eigenvalue weighted by molar-refractivity contribution is -0.116. The molecule has 1 aromatic carbocycles. The second kappa shape index (κ2) is 5.11. The van der Waals surface area contributed by atoms with Gasteiger partial charge in [0.25, 0.3) is 0 Å². The average Bonchev–Trinajstić information content (AvgIpc) is 2.16. The Hall–Kier alpha value is -0.100. The van der Waals surface area contributed by atoms with Crippen LogP contribution in [0.5, 0.6) is 5.75 Å². The van der Waals surface area contributed by atoms with Crippen molar-refractivity contribution in [1.29, 1.82) is 0 Å². The van der Waals surface area contributed by atoms with Gasteiger partial charge in [-0.1, -0.05) is 22.0 Å². The van der Waals surface area contributed by atoms with Crippen LogP contribution in [0.25, 0.3) is 0 Å². The number of carbonyl (C=O) groups excluding carboxylic acids is 1. The smallest absolute Gasteiger partial charge is 0.147 e. The van der Waals surface area contributed by atoms with Crippen molar-refractivity contribution in [2.75, 3.05) is 7.11 Å². The molecule has 0 bridgehead atoms. The second-order valence-corrected chi connectivity index (χ2v) is 4.95. The first-order valence-electron chi connectivity index (χ1n) is 4.04. The summed E-state index contributed by atoms with van der Waals surface area (Å²) in [6.45, 7) is 1.57. The van der Waals surface area contributed by atoms with Gasteiger partial charge in [-0.25, -0.2) is 0 Å². The van der Waals surface area contributed by atoms with Crippen molar-refractivity contribution in [2.45, 2.75) is 11.8 Å². The lowest BCUT2D eigenvalue weighted by Gasteiger charge is -2.09. The molecular weight excluding hydrogens is 359 g/mol. The van der Waals surface area contributed by atoms with Gasteiger partial charge in [0, 0.05) is 0 Å². The molecule has 14 heavy (non-hydrogen) atoms. The summed E-state index contributed by atoms with van der Waals surface area (Å²) in [6.07, 6.45) is 0. The van der Waals surface area contributed by atoms with E-state index in [-0.39, 0.29) is 10.6 Å². The highest BCUT2D eigenvalue weighted by molar-refractivity contribution is 14.1. The third-order valence-electron chi connectivity index (χ3n) is 1.83. The SMILES string of the molecule is COc1ccc(C(Br)C(C)=O)cc1I. The lowest BCUT2D eigenvalue weighted by Crippen LogP contribution is -2.01. The number of methoxy groups -OCH3 is 1. The highest BCUT2D eigenvalue weighted by Crippen LogP contribution is 2.29. The van der Waals surface area contributed by atoms with Gasteiger partial charge < -0.3 is 4.74 Å². The zero-order valence-corrected chi connectivity index (χ0v) is 11.6. The van der Waals surface area contributed by atoms with Crippen LogP contribution in [-0.2, 0) is 4.79 Å². The molecule has 0 aliphatic heterocycles. The summed E-state index contributed by atoms with van der Waals surface area (Å²) >= 11 is 5.52. The summed E-state index contributed by atoms with van der Waals surface area (Å²) in [4.78, 5) is 10.9. The Morgan fingerprint density at radius 1 is 1.57 bits per heavy atom. The van der Waals surface area contributed by atoms with Crippen molar-refractivity contribution in [3.05, 3.63) is 27.3 Å². The van der Waals surface area contributed by atoms with E-state index in [4.69, 9.17) is 4.74 Å². The predicted octanol–water partition coefficient (Wildman–Crippen LogP) is 3.32. The van der Waals surface area contributed by atoms with Gasteiger partial charge in [-0.15, -0.1) is 0 Å². The fourth-order valence-electron chi connectivity index (χ4n) is 1.07. The van der Waals surface area contributed by atoms with Crippen LogP contribution < -0.4 is 4.74 Å². The molecular formula is C10H10BrIO2. The van der Waals surface area contributed by atoms with E-state index in [1.807, 2.05) is 18.2 Å². The van der Waals surface area contributed by atoms with Crippen molar-refractivity contribution < 1.29 is 9.53 Å². The average molecular weight is 369 g/mol. The van der Waals surface area contributed by atoms with Crippen LogP contribution >= 0.6 is 38.5 Å². The molecule has 0 saturated carbocycles. The molecule has 0 heterocycles. The summed E-state index contributed by atoms with van der Waals surface area (Å²) < 4.78 is 6.14. The molecule has 0 aliphatic rings. The Morgan fingerprint density at radius 2 is 2.21 bits per heavy atom. The molecule has 0 aromatic heterocycles. The van der Waals surface area contributed by atoms with Crippen molar-refractivity contribution >= 4 is 44.3 Å². The third kappa shape index (κ3) is 2.70. The molecule has 0 aliphatic carbocycles. The van der Waals surface area contributed by atoms with Gasteiger partial charge in [-0.3, -0.25) is 4.79 Å². The van der Waals surface area contributed by atoms with Crippen LogP contribution in [-0.4, -0.2) is 12.9 Å². The predicted molar refractivity (Wildman–Crippen MR) is 68.1 cm³/mol. The monoisotopic (exact) mass is 368 g/mol. The molecule has 0 N–H and O–H groups in total. The van der Waals surface area contributed by atoms with E-state index in [1.54, 1.807) is 14.0 Å². The number of rotatable bonds is 3. The van der Waals surface area contributed by atoms with Crippen LogP contribution in [0.15, 0.2) is 18.2 Å². The molecule has 76 valence electrons. The fourth-order valence-corrected chi connectivity index (χ4v) is 2.12. The minimum Gasteiger partial charge on any atom is -0.496 e. The van der Waals surface area contributed by atoms with Crippen LogP contribution in [0.4, 0.5) is 0 Å². The molecule has 0 fully saturated rings. The molecule has 2 nitrogen and oxygen atoms in total. The molecule has 1 aromatic rings. The molecule has 0 amide bonds. The van der Waals surface area contributed by atoms with Gasteiger partial charge in [0.1, 0.15) is 11.5 Å². The van der Waals surface area contributed by atoms with Crippen LogP contribution in [0.2, 0.25) is 0 Å². The molecule has 4 heteroatoms. The number of benzene rings is 1. The molecule has 1 unspecified atom stereocenters. The van der Waals surface area contributed by atoms with Gasteiger partial charge >= 0.3 is 0 Å². The summed E-state index contributed by atoms with van der Waals surface area (Å²) in [5.74, 6) is 0.934. The van der Waals surface area contributed by atoms with Crippen molar-refractivity contribution in [2.24, 2.45) is 0 Å². The molecule has 0 saturated heterocycles. The van der Waals surface area contributed by atoms with Crippen molar-refractivity contribution in [1.82, 2.24) is 0 Å². The van der Waals surface area contributed by atoms with Gasteiger partial charge in [0.05, 0.1) is 15.5 Å². The summed E-state index contributed by atoms with van der Waals surface area (Å²) in [5.41, 5.74) is 0.961. The van der Waals surface area contributed by atoms with Crippen molar-refractivity contribution in [3.8, 4) is 5.75 Å². The Morgan fingerprint density at radius 3 is 2.64 bits per heavy atom. The highest BCUT2D eigenvalue weighted by Gasteiger charge is 2.13. The number of ketones is 1. The maximum atomic E-state index is 11.1. The number of carbonyl (C=O) groups is 1. The number of ether oxygens (including phenoxy) is 1. The van der Waals surface area contributed by atoms with E-state index < -0.39 is 0 Å². The minimum atomic E-state index is -0.220. The zero-order chi connectivity index (χ0) is 10.7. The Bertz CT molecular complexity index is 352. The number of Topliss-reactive ketones (excluding diaryl/α,β-unsaturated/α-hetero) is 1. The normalized spacial score (nSPS) is 12.3. The third-order valence-corrected chi connectivity index (χ3v) is 3.84. The van der Waals surface area contributed by atoms with Crippen LogP contribution in [0.3, 0.4) is 0 Å². The van der Waals surface area contributed by atoms with Gasteiger partial charge in [-0.2, -0.15) is 0 Å². The van der Waals surface area contributed by atoms with Crippen LogP contribution in [0, 0.1) is 3.57 Å². The zero-order valence-electron chi connectivity index (χ0n) is 7.88. The molecule has 0 radical (unpaired) electrons. The molecule has 1 atom stereocenters. The lowest BCUT2D eigenvalue weighted by atomic mass is 10.1. The van der Waals surface area contributed by atoms with E-state index in [0.29, 0.717) is 0 Å². The Balaban J connectivity index is 3.02. The quantitative estimate of drug-likeness (QED) is 0.604. The van der Waals surface area contributed by atoms with E-state index in [2.05, 4.69) is 38.5 Å². The molecule has 0 spiro atoms. The number of halogens is 2. The Labute approximate surface area is 105 Å². The Kier molecular flexibility index (Phi) is 4.37.